The van der Waals surface area contributed by atoms with Crippen molar-refractivity contribution in [2.24, 2.45) is 5.92 Å². The van der Waals surface area contributed by atoms with E-state index in [9.17, 15) is 34.8 Å². The van der Waals surface area contributed by atoms with Crippen LogP contribution in [0.1, 0.15) is 44.0 Å². The highest BCUT2D eigenvalue weighted by atomic mass is 32.2. The second kappa shape index (κ2) is 9.76. The van der Waals surface area contributed by atoms with Gasteiger partial charge in [-0.3, -0.25) is 0 Å². The maximum absolute atomic E-state index is 13.2. The highest BCUT2D eigenvalue weighted by molar-refractivity contribution is 7.89. The third-order valence-electron chi connectivity index (χ3n) is 4.63. The molecule has 1 N–H and O–H groups in total. The molecular formula is C19H27F3N2O7S2. The van der Waals surface area contributed by atoms with Gasteiger partial charge in [-0.25, -0.2) is 26.4 Å². The fraction of sp³-hybridized carbons (Fsp3) is 0.632. The molecule has 0 radical (unpaired) electrons. The van der Waals surface area contributed by atoms with E-state index < -0.39 is 54.2 Å². The Bertz CT molecular complexity index is 1070. The first kappa shape index (κ1) is 27.3. The molecule has 188 valence electrons. The minimum atomic E-state index is -5.03. The van der Waals surface area contributed by atoms with E-state index in [1.54, 1.807) is 0 Å². The lowest BCUT2D eigenvalue weighted by molar-refractivity contribution is -0.274. The summed E-state index contributed by atoms with van der Waals surface area (Å²) in [7, 11) is -7.64. The van der Waals surface area contributed by atoms with Gasteiger partial charge in [0.25, 0.3) is 0 Å². The number of carbonyl (C=O) groups is 1. The minimum absolute atomic E-state index is 0.0486. The van der Waals surface area contributed by atoms with Gasteiger partial charge in [0.05, 0.1) is 16.7 Å². The Morgan fingerprint density at radius 3 is 2.18 bits per heavy atom. The minimum Gasteiger partial charge on any atom is -0.456 e. The standard InChI is InChI=1S/C19H27F3N2O7S2/c1-18(2,3)31-17(25)15-11-14(30-19(20,21)22)5-6-16(15)33(28,29)24-9-7-13(8-10-24)12-23-32(4,26)27/h5-6,11,13,23H,7-10,12H2,1-4H3. The van der Waals surface area contributed by atoms with Gasteiger partial charge >= 0.3 is 12.3 Å². The molecular weight excluding hydrogens is 489 g/mol. The van der Waals surface area contributed by atoms with Crippen LogP contribution in [0.4, 0.5) is 13.2 Å². The van der Waals surface area contributed by atoms with E-state index in [-0.39, 0.29) is 25.6 Å². The lowest BCUT2D eigenvalue weighted by Gasteiger charge is -2.31. The molecule has 0 bridgehead atoms. The van der Waals surface area contributed by atoms with Gasteiger partial charge in [0, 0.05) is 19.6 Å². The summed E-state index contributed by atoms with van der Waals surface area (Å²) >= 11 is 0. The van der Waals surface area contributed by atoms with Gasteiger partial charge in [-0.05, 0) is 57.7 Å². The summed E-state index contributed by atoms with van der Waals surface area (Å²) in [6.07, 6.45) is -3.29. The molecule has 1 aliphatic rings. The third kappa shape index (κ3) is 8.43. The SMILES string of the molecule is CC(C)(C)OC(=O)c1cc(OC(F)(F)F)ccc1S(=O)(=O)N1CCC(CNS(C)(=O)=O)CC1. The highest BCUT2D eigenvalue weighted by Gasteiger charge is 2.36. The van der Waals surface area contributed by atoms with Crippen molar-refractivity contribution in [2.75, 3.05) is 25.9 Å². The number of sulfonamides is 2. The molecule has 0 atom stereocenters. The van der Waals surface area contributed by atoms with Crippen LogP contribution < -0.4 is 9.46 Å². The summed E-state index contributed by atoms with van der Waals surface area (Å²) < 4.78 is 99.4. The highest BCUT2D eigenvalue weighted by Crippen LogP contribution is 2.31. The number of rotatable bonds is 7. The van der Waals surface area contributed by atoms with Crippen LogP contribution in [0.2, 0.25) is 0 Å². The van der Waals surface area contributed by atoms with Crippen LogP contribution in [0.15, 0.2) is 23.1 Å². The van der Waals surface area contributed by atoms with Crippen LogP contribution in [-0.4, -0.2) is 65.0 Å². The van der Waals surface area contributed by atoms with Crippen molar-refractivity contribution in [3.05, 3.63) is 23.8 Å². The van der Waals surface area contributed by atoms with Crippen LogP contribution in [-0.2, 0) is 24.8 Å². The average molecular weight is 517 g/mol. The van der Waals surface area contributed by atoms with Crippen molar-refractivity contribution in [2.45, 2.75) is 50.5 Å². The number of nitrogens with one attached hydrogen (secondary N) is 1. The van der Waals surface area contributed by atoms with Crippen molar-refractivity contribution >= 4 is 26.0 Å². The molecule has 2 rings (SSSR count). The normalized spacial score (nSPS) is 17.1. The van der Waals surface area contributed by atoms with Gasteiger partial charge in [0.15, 0.2) is 0 Å². The molecule has 0 spiro atoms. The largest absolute Gasteiger partial charge is 0.573 e. The summed E-state index contributed by atoms with van der Waals surface area (Å²) in [5.41, 5.74) is -1.60. The number of esters is 1. The van der Waals surface area contributed by atoms with E-state index in [1.165, 1.54) is 20.8 Å². The van der Waals surface area contributed by atoms with E-state index >= 15 is 0 Å². The number of carbonyl (C=O) groups excluding carboxylic acids is 1. The smallest absolute Gasteiger partial charge is 0.456 e. The molecule has 1 aliphatic heterocycles. The fourth-order valence-corrected chi connectivity index (χ4v) is 5.35. The predicted octanol–water partition coefficient (Wildman–Crippen LogP) is 2.49. The molecule has 14 heteroatoms. The molecule has 1 heterocycles. The second-order valence-corrected chi connectivity index (χ2v) is 12.4. The van der Waals surface area contributed by atoms with Crippen LogP contribution in [0, 0.1) is 5.92 Å². The van der Waals surface area contributed by atoms with Gasteiger partial charge in [-0.15, -0.1) is 13.2 Å². The quantitative estimate of drug-likeness (QED) is 0.553. The zero-order chi connectivity index (χ0) is 25.2. The number of alkyl halides is 3. The molecule has 0 amide bonds. The lowest BCUT2D eigenvalue weighted by Crippen LogP contribution is -2.41. The van der Waals surface area contributed by atoms with Gasteiger partial charge in [-0.2, -0.15) is 4.31 Å². The number of benzene rings is 1. The lowest BCUT2D eigenvalue weighted by atomic mass is 9.99. The molecule has 33 heavy (non-hydrogen) atoms. The number of ether oxygens (including phenoxy) is 2. The Hall–Kier alpha value is -1.90. The zero-order valence-electron chi connectivity index (χ0n) is 18.6. The van der Waals surface area contributed by atoms with Gasteiger partial charge in [0.1, 0.15) is 11.4 Å². The Morgan fingerprint density at radius 1 is 1.12 bits per heavy atom. The molecule has 1 aromatic carbocycles. The molecule has 0 saturated carbocycles. The molecule has 9 nitrogen and oxygen atoms in total. The Balaban J connectivity index is 2.32. The summed E-state index contributed by atoms with van der Waals surface area (Å²) in [6.45, 7) is 4.86. The monoisotopic (exact) mass is 516 g/mol. The first-order chi connectivity index (χ1) is 14.9. The predicted molar refractivity (Wildman–Crippen MR) is 113 cm³/mol. The number of hydrogen-bond donors (Lipinski definition) is 1. The Kier molecular flexibility index (Phi) is 8.09. The van der Waals surface area contributed by atoms with Gasteiger partial charge in [-0.1, -0.05) is 0 Å². The first-order valence-corrected chi connectivity index (χ1v) is 13.3. The van der Waals surface area contributed by atoms with Crippen molar-refractivity contribution < 1.29 is 44.3 Å². The topological polar surface area (TPSA) is 119 Å². The number of hydrogen-bond acceptors (Lipinski definition) is 7. The molecule has 1 saturated heterocycles. The molecule has 0 unspecified atom stereocenters. The van der Waals surface area contributed by atoms with Crippen molar-refractivity contribution in [1.29, 1.82) is 0 Å². The second-order valence-electron chi connectivity index (χ2n) is 8.68. The molecule has 0 aromatic heterocycles. The van der Waals surface area contributed by atoms with Crippen LogP contribution >= 0.6 is 0 Å². The van der Waals surface area contributed by atoms with Crippen LogP contribution in [0.3, 0.4) is 0 Å². The van der Waals surface area contributed by atoms with Crippen molar-refractivity contribution in [1.82, 2.24) is 9.03 Å². The molecule has 1 fully saturated rings. The van der Waals surface area contributed by atoms with E-state index in [4.69, 9.17) is 4.74 Å². The summed E-state index contributed by atoms with van der Waals surface area (Å²) in [4.78, 5) is 12.2. The summed E-state index contributed by atoms with van der Waals surface area (Å²) in [6, 6.07) is 2.39. The number of halogens is 3. The van der Waals surface area contributed by atoms with E-state index in [0.717, 1.165) is 22.7 Å². The zero-order valence-corrected chi connectivity index (χ0v) is 20.2. The summed E-state index contributed by atoms with van der Waals surface area (Å²) in [5.74, 6) is -1.95. The maximum atomic E-state index is 13.2. The van der Waals surface area contributed by atoms with E-state index in [2.05, 4.69) is 9.46 Å². The van der Waals surface area contributed by atoms with Gasteiger partial charge in [0.2, 0.25) is 20.0 Å². The van der Waals surface area contributed by atoms with E-state index in [0.29, 0.717) is 18.9 Å². The Morgan fingerprint density at radius 2 is 1.70 bits per heavy atom. The number of nitrogens with zero attached hydrogens (tertiary/aromatic N) is 1. The van der Waals surface area contributed by atoms with Crippen molar-refractivity contribution in [3.63, 3.8) is 0 Å². The van der Waals surface area contributed by atoms with Crippen molar-refractivity contribution in [3.8, 4) is 5.75 Å². The summed E-state index contributed by atoms with van der Waals surface area (Å²) in [5, 5.41) is 0. The third-order valence-corrected chi connectivity index (χ3v) is 7.28. The van der Waals surface area contributed by atoms with Crippen LogP contribution in [0.25, 0.3) is 0 Å². The van der Waals surface area contributed by atoms with E-state index in [1.807, 2.05) is 0 Å². The molecule has 0 aliphatic carbocycles. The van der Waals surface area contributed by atoms with Gasteiger partial charge < -0.3 is 9.47 Å². The Labute approximate surface area is 191 Å². The number of piperidine rings is 1. The molecule has 1 aromatic rings. The first-order valence-electron chi connectivity index (χ1n) is 9.95. The maximum Gasteiger partial charge on any atom is 0.573 e. The average Bonchev–Trinajstić information content (AvgIpc) is 2.63. The fourth-order valence-electron chi connectivity index (χ4n) is 3.19. The van der Waals surface area contributed by atoms with Crippen LogP contribution in [0.5, 0.6) is 5.75 Å².